The molecule has 1 aliphatic heterocycles. The summed E-state index contributed by atoms with van der Waals surface area (Å²) in [5.74, 6) is 2.38. The fourth-order valence-electron chi connectivity index (χ4n) is 3.82. The molecule has 0 unspecified atom stereocenters. The van der Waals surface area contributed by atoms with Crippen molar-refractivity contribution < 1.29 is 19.0 Å². The van der Waals surface area contributed by atoms with Crippen molar-refractivity contribution in [3.63, 3.8) is 0 Å². The standard InChI is InChI=1S/C25H26N2O4/c1-29-21-8-9-24(30-2)23(16-21)18-5-3-7-22(15-18)31-20-10-13-27(14-11-20)25(28)19-6-4-12-26-17-19/h3-9,12,15-17,20H,10-11,13-14H2,1-2H3. The van der Waals surface area contributed by atoms with Crippen molar-refractivity contribution in [2.45, 2.75) is 18.9 Å². The van der Waals surface area contributed by atoms with Crippen LogP contribution in [0.15, 0.2) is 67.0 Å². The van der Waals surface area contributed by atoms with E-state index in [2.05, 4.69) is 4.98 Å². The van der Waals surface area contributed by atoms with Gasteiger partial charge in [0.1, 0.15) is 23.4 Å². The van der Waals surface area contributed by atoms with Gasteiger partial charge in [0, 0.05) is 43.9 Å². The van der Waals surface area contributed by atoms with Gasteiger partial charge in [-0.15, -0.1) is 0 Å². The smallest absolute Gasteiger partial charge is 0.255 e. The molecule has 0 atom stereocenters. The van der Waals surface area contributed by atoms with E-state index in [4.69, 9.17) is 14.2 Å². The van der Waals surface area contributed by atoms with Gasteiger partial charge in [-0.3, -0.25) is 9.78 Å². The first-order valence-corrected chi connectivity index (χ1v) is 10.4. The molecule has 0 aliphatic carbocycles. The summed E-state index contributed by atoms with van der Waals surface area (Å²) in [4.78, 5) is 18.5. The van der Waals surface area contributed by atoms with E-state index >= 15 is 0 Å². The van der Waals surface area contributed by atoms with Crippen molar-refractivity contribution >= 4 is 5.91 Å². The first-order valence-electron chi connectivity index (χ1n) is 10.4. The second-order valence-electron chi connectivity index (χ2n) is 7.45. The Hall–Kier alpha value is -3.54. The Bertz CT molecular complexity index is 1030. The maximum Gasteiger partial charge on any atom is 0.255 e. The second-order valence-corrected chi connectivity index (χ2v) is 7.45. The van der Waals surface area contributed by atoms with Crippen LogP contribution in [-0.4, -0.2) is 49.2 Å². The van der Waals surface area contributed by atoms with Gasteiger partial charge >= 0.3 is 0 Å². The Morgan fingerprint density at radius 2 is 1.81 bits per heavy atom. The van der Waals surface area contributed by atoms with Gasteiger partial charge < -0.3 is 19.1 Å². The minimum Gasteiger partial charge on any atom is -0.497 e. The molecule has 6 heteroatoms. The van der Waals surface area contributed by atoms with Crippen LogP contribution in [0.4, 0.5) is 0 Å². The van der Waals surface area contributed by atoms with Gasteiger partial charge in [0.25, 0.3) is 5.91 Å². The highest BCUT2D eigenvalue weighted by Gasteiger charge is 2.25. The van der Waals surface area contributed by atoms with E-state index in [-0.39, 0.29) is 12.0 Å². The number of carbonyl (C=O) groups is 1. The summed E-state index contributed by atoms with van der Waals surface area (Å²) in [6.45, 7) is 1.34. The third-order valence-electron chi connectivity index (χ3n) is 5.49. The number of hydrogen-bond acceptors (Lipinski definition) is 5. The lowest BCUT2D eigenvalue weighted by molar-refractivity contribution is 0.0595. The van der Waals surface area contributed by atoms with Crippen LogP contribution in [0.3, 0.4) is 0 Å². The SMILES string of the molecule is COc1ccc(OC)c(-c2cccc(OC3CCN(C(=O)c4cccnc4)CC3)c2)c1. The number of methoxy groups -OCH3 is 2. The predicted octanol–water partition coefficient (Wildman–Crippen LogP) is 4.45. The highest BCUT2D eigenvalue weighted by atomic mass is 16.5. The second kappa shape index (κ2) is 9.51. The molecule has 6 nitrogen and oxygen atoms in total. The van der Waals surface area contributed by atoms with E-state index in [1.807, 2.05) is 47.4 Å². The molecule has 0 N–H and O–H groups in total. The monoisotopic (exact) mass is 418 g/mol. The molecule has 0 spiro atoms. The van der Waals surface area contributed by atoms with E-state index in [1.54, 1.807) is 38.7 Å². The molecule has 0 saturated carbocycles. The zero-order valence-electron chi connectivity index (χ0n) is 17.8. The van der Waals surface area contributed by atoms with Crippen molar-refractivity contribution in [3.05, 3.63) is 72.6 Å². The van der Waals surface area contributed by atoms with Gasteiger partial charge in [0.15, 0.2) is 0 Å². The molecule has 31 heavy (non-hydrogen) atoms. The molecule has 1 fully saturated rings. The zero-order chi connectivity index (χ0) is 21.6. The molecule has 2 aromatic carbocycles. The number of benzene rings is 2. The third kappa shape index (κ3) is 4.79. The number of amides is 1. The van der Waals surface area contributed by atoms with E-state index in [9.17, 15) is 4.79 Å². The van der Waals surface area contributed by atoms with E-state index in [0.29, 0.717) is 18.7 Å². The number of nitrogens with zero attached hydrogens (tertiary/aromatic N) is 2. The fourth-order valence-corrected chi connectivity index (χ4v) is 3.82. The van der Waals surface area contributed by atoms with Gasteiger partial charge in [0.2, 0.25) is 0 Å². The van der Waals surface area contributed by atoms with Gasteiger partial charge in [-0.2, -0.15) is 0 Å². The predicted molar refractivity (Wildman–Crippen MR) is 119 cm³/mol. The maximum absolute atomic E-state index is 12.6. The molecule has 1 saturated heterocycles. The molecule has 1 aromatic heterocycles. The molecule has 2 heterocycles. The number of pyridine rings is 1. The highest BCUT2D eigenvalue weighted by molar-refractivity contribution is 5.93. The van der Waals surface area contributed by atoms with Crippen LogP contribution in [-0.2, 0) is 0 Å². The molecule has 0 radical (unpaired) electrons. The summed E-state index contributed by atoms with van der Waals surface area (Å²) in [6.07, 6.45) is 4.94. The summed E-state index contributed by atoms with van der Waals surface area (Å²) in [5.41, 5.74) is 2.57. The summed E-state index contributed by atoms with van der Waals surface area (Å²) in [6, 6.07) is 17.3. The van der Waals surface area contributed by atoms with Crippen molar-refractivity contribution in [3.8, 4) is 28.4 Å². The normalized spacial score (nSPS) is 14.2. The van der Waals surface area contributed by atoms with E-state index in [1.165, 1.54) is 0 Å². The van der Waals surface area contributed by atoms with E-state index < -0.39 is 0 Å². The van der Waals surface area contributed by atoms with Crippen molar-refractivity contribution in [1.29, 1.82) is 0 Å². The van der Waals surface area contributed by atoms with Gasteiger partial charge in [-0.05, 0) is 48.0 Å². The quantitative estimate of drug-likeness (QED) is 0.592. The van der Waals surface area contributed by atoms with Crippen LogP contribution in [0.2, 0.25) is 0 Å². The highest BCUT2D eigenvalue weighted by Crippen LogP contribution is 2.35. The van der Waals surface area contributed by atoms with Crippen molar-refractivity contribution in [1.82, 2.24) is 9.88 Å². The van der Waals surface area contributed by atoms with E-state index in [0.717, 1.165) is 41.2 Å². The number of hydrogen-bond donors (Lipinski definition) is 0. The van der Waals surface area contributed by atoms with Crippen LogP contribution in [0.1, 0.15) is 23.2 Å². The van der Waals surface area contributed by atoms with Crippen molar-refractivity contribution in [2.24, 2.45) is 0 Å². The topological polar surface area (TPSA) is 60.9 Å². The maximum atomic E-state index is 12.6. The molecule has 1 amide bonds. The van der Waals surface area contributed by atoms with Crippen LogP contribution >= 0.6 is 0 Å². The fraction of sp³-hybridized carbons (Fsp3) is 0.280. The Balaban J connectivity index is 1.42. The summed E-state index contributed by atoms with van der Waals surface area (Å²) in [7, 11) is 3.31. The molecule has 1 aliphatic rings. The van der Waals surface area contributed by atoms with Crippen LogP contribution in [0, 0.1) is 0 Å². The molecular weight excluding hydrogens is 392 g/mol. The lowest BCUT2D eigenvalue weighted by Crippen LogP contribution is -2.41. The Morgan fingerprint density at radius 3 is 2.52 bits per heavy atom. The molecule has 3 aromatic rings. The number of carbonyl (C=O) groups excluding carboxylic acids is 1. The van der Waals surface area contributed by atoms with Gasteiger partial charge in [0.05, 0.1) is 19.8 Å². The Morgan fingerprint density at radius 1 is 0.968 bits per heavy atom. The average molecular weight is 418 g/mol. The van der Waals surface area contributed by atoms with Crippen LogP contribution in [0.5, 0.6) is 17.2 Å². The molecule has 4 rings (SSSR count). The Kier molecular flexibility index (Phi) is 6.36. The number of ether oxygens (including phenoxy) is 3. The largest absolute Gasteiger partial charge is 0.497 e. The van der Waals surface area contributed by atoms with Gasteiger partial charge in [-0.25, -0.2) is 0 Å². The third-order valence-corrected chi connectivity index (χ3v) is 5.49. The van der Waals surface area contributed by atoms with Crippen LogP contribution < -0.4 is 14.2 Å². The summed E-state index contributed by atoms with van der Waals surface area (Å²) in [5, 5.41) is 0. The minimum atomic E-state index is 0.0265. The summed E-state index contributed by atoms with van der Waals surface area (Å²) >= 11 is 0. The average Bonchev–Trinajstić information content (AvgIpc) is 2.84. The first kappa shape index (κ1) is 20.7. The summed E-state index contributed by atoms with van der Waals surface area (Å²) < 4.78 is 17.1. The Labute approximate surface area is 182 Å². The lowest BCUT2D eigenvalue weighted by Gasteiger charge is -2.32. The molecule has 0 bridgehead atoms. The first-order chi connectivity index (χ1) is 15.2. The van der Waals surface area contributed by atoms with Crippen LogP contribution in [0.25, 0.3) is 11.1 Å². The number of rotatable bonds is 6. The molecular formula is C25H26N2O4. The zero-order valence-corrected chi connectivity index (χ0v) is 17.8. The number of aromatic nitrogens is 1. The number of likely N-dealkylation sites (tertiary alicyclic amines) is 1. The van der Waals surface area contributed by atoms with Crippen molar-refractivity contribution in [2.75, 3.05) is 27.3 Å². The minimum absolute atomic E-state index is 0.0265. The van der Waals surface area contributed by atoms with Gasteiger partial charge in [-0.1, -0.05) is 12.1 Å². The number of piperidine rings is 1. The lowest BCUT2D eigenvalue weighted by atomic mass is 10.0. The molecule has 160 valence electrons.